The van der Waals surface area contributed by atoms with Crippen LogP contribution in [0, 0.1) is 22.9 Å². The molecular weight excluding hydrogens is 265 g/mol. The summed E-state index contributed by atoms with van der Waals surface area (Å²) in [4.78, 5) is 20.8. The highest BCUT2D eigenvalue weighted by molar-refractivity contribution is 5.75. The molecule has 0 atom stereocenters. The van der Waals surface area contributed by atoms with Gasteiger partial charge in [0.25, 0.3) is 5.69 Å². The lowest BCUT2D eigenvalue weighted by Crippen LogP contribution is -1.93. The third-order valence-electron chi connectivity index (χ3n) is 2.63. The van der Waals surface area contributed by atoms with Gasteiger partial charge < -0.3 is 4.74 Å². The molecule has 0 N–H and O–H groups in total. The van der Waals surface area contributed by atoms with Gasteiger partial charge in [-0.3, -0.25) is 14.9 Å². The molecular formula is C14H10FNO4. The molecule has 5 nitrogen and oxygen atoms in total. The largest absolute Gasteiger partial charge is 0.457 e. The van der Waals surface area contributed by atoms with Crippen LogP contribution in [0.1, 0.15) is 15.9 Å². The molecule has 6 heteroatoms. The molecule has 102 valence electrons. The van der Waals surface area contributed by atoms with Gasteiger partial charge in [0.2, 0.25) is 0 Å². The van der Waals surface area contributed by atoms with E-state index in [1.165, 1.54) is 24.3 Å². The van der Waals surface area contributed by atoms with Gasteiger partial charge >= 0.3 is 0 Å². The summed E-state index contributed by atoms with van der Waals surface area (Å²) in [6, 6.07) is 7.68. The average molecular weight is 275 g/mol. The summed E-state index contributed by atoms with van der Waals surface area (Å²) in [6.45, 7) is 1.64. The van der Waals surface area contributed by atoms with Gasteiger partial charge in [-0.2, -0.15) is 0 Å². The van der Waals surface area contributed by atoms with Crippen molar-refractivity contribution in [3.8, 4) is 11.5 Å². The lowest BCUT2D eigenvalue weighted by Gasteiger charge is -2.09. The number of non-ortho nitro benzene ring substituents is 1. The van der Waals surface area contributed by atoms with E-state index in [9.17, 15) is 19.3 Å². The Hall–Kier alpha value is -2.76. The summed E-state index contributed by atoms with van der Waals surface area (Å²) in [5.41, 5.74) is 0.637. The van der Waals surface area contributed by atoms with Crippen LogP contribution in [0.25, 0.3) is 0 Å². The fraction of sp³-hybridized carbons (Fsp3) is 0.0714. The normalized spacial score (nSPS) is 10.1. The SMILES string of the molecule is Cc1cc([N+](=O)[O-])ccc1Oc1cc(F)cc(C=O)c1. The molecule has 0 aliphatic rings. The molecule has 0 aliphatic carbocycles. The van der Waals surface area contributed by atoms with Crippen LogP contribution < -0.4 is 4.74 Å². The van der Waals surface area contributed by atoms with E-state index in [1.807, 2.05) is 0 Å². The Morgan fingerprint density at radius 3 is 2.60 bits per heavy atom. The number of nitro groups is 1. The summed E-state index contributed by atoms with van der Waals surface area (Å²) >= 11 is 0. The number of carbonyl (C=O) groups excluding carboxylic acids is 1. The number of hydrogen-bond donors (Lipinski definition) is 0. The van der Waals surface area contributed by atoms with E-state index < -0.39 is 10.7 Å². The topological polar surface area (TPSA) is 69.4 Å². The minimum Gasteiger partial charge on any atom is -0.457 e. The summed E-state index contributed by atoms with van der Waals surface area (Å²) in [5, 5.41) is 10.6. The second kappa shape index (κ2) is 5.48. The van der Waals surface area contributed by atoms with E-state index in [4.69, 9.17) is 4.74 Å². The molecule has 2 aromatic carbocycles. The van der Waals surface area contributed by atoms with Gasteiger partial charge in [0.1, 0.15) is 23.6 Å². The van der Waals surface area contributed by atoms with Crippen molar-refractivity contribution in [1.29, 1.82) is 0 Å². The van der Waals surface area contributed by atoms with Crippen LogP contribution in [0.4, 0.5) is 10.1 Å². The fourth-order valence-corrected chi connectivity index (χ4v) is 1.70. The molecule has 0 radical (unpaired) electrons. The zero-order valence-electron chi connectivity index (χ0n) is 10.5. The molecule has 0 amide bonds. The van der Waals surface area contributed by atoms with Crippen molar-refractivity contribution in [2.45, 2.75) is 6.92 Å². The van der Waals surface area contributed by atoms with E-state index >= 15 is 0 Å². The lowest BCUT2D eigenvalue weighted by atomic mass is 10.2. The molecule has 0 spiro atoms. The first kappa shape index (κ1) is 13.7. The maximum atomic E-state index is 13.3. The van der Waals surface area contributed by atoms with Crippen molar-refractivity contribution in [3.63, 3.8) is 0 Å². The van der Waals surface area contributed by atoms with Gasteiger partial charge in [-0.05, 0) is 30.7 Å². The molecule has 2 aromatic rings. The highest BCUT2D eigenvalue weighted by Gasteiger charge is 2.10. The van der Waals surface area contributed by atoms with Gasteiger partial charge in [0, 0.05) is 23.8 Å². The van der Waals surface area contributed by atoms with E-state index in [2.05, 4.69) is 0 Å². The number of benzene rings is 2. The third kappa shape index (κ3) is 2.97. The van der Waals surface area contributed by atoms with Gasteiger partial charge in [0.15, 0.2) is 0 Å². The second-order valence-corrected chi connectivity index (χ2v) is 4.15. The monoisotopic (exact) mass is 275 g/mol. The van der Waals surface area contributed by atoms with Crippen molar-refractivity contribution in [1.82, 2.24) is 0 Å². The molecule has 0 heterocycles. The first-order chi connectivity index (χ1) is 9.49. The van der Waals surface area contributed by atoms with Gasteiger partial charge in [-0.15, -0.1) is 0 Å². The van der Waals surface area contributed by atoms with Crippen LogP contribution in [0.5, 0.6) is 11.5 Å². The number of rotatable bonds is 4. The number of aryl methyl sites for hydroxylation is 1. The van der Waals surface area contributed by atoms with E-state index in [-0.39, 0.29) is 17.0 Å². The average Bonchev–Trinajstić information content (AvgIpc) is 2.40. The Kier molecular flexibility index (Phi) is 3.74. The Morgan fingerprint density at radius 2 is 2.00 bits per heavy atom. The van der Waals surface area contributed by atoms with Crippen LogP contribution in [-0.4, -0.2) is 11.2 Å². The second-order valence-electron chi connectivity index (χ2n) is 4.15. The molecule has 0 aliphatic heterocycles. The minimum atomic E-state index is -0.593. The number of aldehydes is 1. The molecule has 2 rings (SSSR count). The van der Waals surface area contributed by atoms with Gasteiger partial charge in [-0.1, -0.05) is 0 Å². The first-order valence-electron chi connectivity index (χ1n) is 5.68. The molecule has 20 heavy (non-hydrogen) atoms. The van der Waals surface area contributed by atoms with Crippen molar-refractivity contribution in [3.05, 3.63) is 63.5 Å². The zero-order chi connectivity index (χ0) is 14.7. The van der Waals surface area contributed by atoms with Crippen molar-refractivity contribution >= 4 is 12.0 Å². The quantitative estimate of drug-likeness (QED) is 0.485. The summed E-state index contributed by atoms with van der Waals surface area (Å²) in [6.07, 6.45) is 0.513. The summed E-state index contributed by atoms with van der Waals surface area (Å²) in [5.74, 6) is -0.0775. The smallest absolute Gasteiger partial charge is 0.269 e. The molecule has 0 bridgehead atoms. The highest BCUT2D eigenvalue weighted by Crippen LogP contribution is 2.28. The van der Waals surface area contributed by atoms with Crippen molar-refractivity contribution in [2.75, 3.05) is 0 Å². The minimum absolute atomic E-state index is 0.0531. The first-order valence-corrected chi connectivity index (χ1v) is 5.68. The van der Waals surface area contributed by atoms with E-state index in [1.54, 1.807) is 6.92 Å². The fourth-order valence-electron chi connectivity index (χ4n) is 1.70. The Morgan fingerprint density at radius 1 is 1.25 bits per heavy atom. The molecule has 0 fully saturated rings. The number of nitro benzene ring substituents is 1. The van der Waals surface area contributed by atoms with Crippen LogP contribution in [0.15, 0.2) is 36.4 Å². The Balaban J connectivity index is 2.32. The number of ether oxygens (including phenoxy) is 1. The lowest BCUT2D eigenvalue weighted by molar-refractivity contribution is -0.384. The van der Waals surface area contributed by atoms with Crippen LogP contribution in [0.3, 0.4) is 0 Å². The van der Waals surface area contributed by atoms with Gasteiger partial charge in [-0.25, -0.2) is 4.39 Å². The summed E-state index contributed by atoms with van der Waals surface area (Å²) < 4.78 is 18.7. The predicted molar refractivity (Wildman–Crippen MR) is 69.7 cm³/mol. The standard InChI is InChI=1S/C14H10FNO4/c1-9-4-12(16(18)19)2-3-14(9)20-13-6-10(8-17)5-11(15)7-13/h2-8H,1H3. The Bertz CT molecular complexity index is 685. The molecule has 0 aromatic heterocycles. The van der Waals surface area contributed by atoms with Crippen LogP contribution in [0.2, 0.25) is 0 Å². The van der Waals surface area contributed by atoms with Crippen LogP contribution in [-0.2, 0) is 0 Å². The number of halogens is 1. The van der Waals surface area contributed by atoms with E-state index in [0.29, 0.717) is 17.6 Å². The van der Waals surface area contributed by atoms with Crippen LogP contribution >= 0.6 is 0 Å². The maximum Gasteiger partial charge on any atom is 0.269 e. The molecule has 0 saturated heterocycles. The van der Waals surface area contributed by atoms with E-state index in [0.717, 1.165) is 12.1 Å². The summed E-state index contributed by atoms with van der Waals surface area (Å²) in [7, 11) is 0. The predicted octanol–water partition coefficient (Wildman–Crippen LogP) is 3.65. The maximum absolute atomic E-state index is 13.3. The van der Waals surface area contributed by atoms with Crippen molar-refractivity contribution in [2.24, 2.45) is 0 Å². The number of hydrogen-bond acceptors (Lipinski definition) is 4. The zero-order valence-corrected chi connectivity index (χ0v) is 10.5. The molecule has 0 saturated carbocycles. The molecule has 0 unspecified atom stereocenters. The third-order valence-corrected chi connectivity index (χ3v) is 2.63. The van der Waals surface area contributed by atoms with Crippen molar-refractivity contribution < 1.29 is 18.8 Å². The number of nitrogens with zero attached hydrogens (tertiary/aromatic N) is 1. The Labute approximate surface area is 113 Å². The van der Waals surface area contributed by atoms with Gasteiger partial charge in [0.05, 0.1) is 4.92 Å². The number of carbonyl (C=O) groups is 1. The highest BCUT2D eigenvalue weighted by atomic mass is 19.1.